The van der Waals surface area contributed by atoms with Gasteiger partial charge in [0, 0.05) is 18.1 Å². The Labute approximate surface area is 148 Å². The number of nitriles is 1. The summed E-state index contributed by atoms with van der Waals surface area (Å²) in [6.07, 6.45) is 1.54. The third-order valence-corrected chi connectivity index (χ3v) is 4.54. The summed E-state index contributed by atoms with van der Waals surface area (Å²) in [5.41, 5.74) is 1.57. The molecule has 2 heterocycles. The van der Waals surface area contributed by atoms with Gasteiger partial charge in [0.2, 0.25) is 5.43 Å². The van der Waals surface area contributed by atoms with E-state index in [0.717, 1.165) is 5.52 Å². The molecule has 128 valence electrons. The van der Waals surface area contributed by atoms with Crippen molar-refractivity contribution in [2.45, 2.75) is 20.0 Å². The van der Waals surface area contributed by atoms with E-state index in [4.69, 9.17) is 0 Å². The molecule has 6 heteroatoms. The lowest BCUT2D eigenvalue weighted by Gasteiger charge is -2.12. The van der Waals surface area contributed by atoms with Crippen LogP contribution in [0.25, 0.3) is 21.9 Å². The van der Waals surface area contributed by atoms with Crippen molar-refractivity contribution < 1.29 is 4.39 Å². The zero-order chi connectivity index (χ0) is 18.3. The van der Waals surface area contributed by atoms with Gasteiger partial charge in [-0.25, -0.2) is 9.37 Å². The maximum Gasteiger partial charge on any atom is 0.207 e. The lowest BCUT2D eigenvalue weighted by Crippen LogP contribution is -2.15. The van der Waals surface area contributed by atoms with Crippen LogP contribution in [-0.2, 0) is 13.1 Å². The molecule has 0 bridgehead atoms. The third-order valence-electron chi connectivity index (χ3n) is 4.54. The van der Waals surface area contributed by atoms with Crippen molar-refractivity contribution in [2.24, 2.45) is 0 Å². The molecule has 0 unspecified atom stereocenters. The molecule has 5 nitrogen and oxygen atoms in total. The highest BCUT2D eigenvalue weighted by atomic mass is 19.1. The van der Waals surface area contributed by atoms with E-state index < -0.39 is 0 Å². The second kappa shape index (κ2) is 6.12. The van der Waals surface area contributed by atoms with Gasteiger partial charge in [-0.15, -0.1) is 0 Å². The van der Waals surface area contributed by atoms with Gasteiger partial charge in [-0.3, -0.25) is 4.79 Å². The highest BCUT2D eigenvalue weighted by Crippen LogP contribution is 2.21. The fraction of sp³-hybridized carbons (Fsp3) is 0.150. The van der Waals surface area contributed by atoms with E-state index in [0.29, 0.717) is 35.3 Å². The van der Waals surface area contributed by atoms with Crippen LogP contribution in [0, 0.1) is 17.1 Å². The van der Waals surface area contributed by atoms with E-state index in [1.54, 1.807) is 24.4 Å². The Hall–Kier alpha value is -3.46. The molecule has 26 heavy (non-hydrogen) atoms. The predicted octanol–water partition coefficient (Wildman–Crippen LogP) is 3.43. The number of rotatable bonds is 3. The number of aryl methyl sites for hydroxylation is 1. The molecule has 0 aliphatic carbocycles. The van der Waals surface area contributed by atoms with Crippen LogP contribution in [0.2, 0.25) is 0 Å². The summed E-state index contributed by atoms with van der Waals surface area (Å²) < 4.78 is 17.9. The molecule has 0 saturated heterocycles. The molecule has 0 aliphatic heterocycles. The zero-order valence-electron chi connectivity index (χ0n) is 14.1. The van der Waals surface area contributed by atoms with Crippen molar-refractivity contribution in [3.63, 3.8) is 0 Å². The molecule has 2 aromatic heterocycles. The molecule has 0 radical (unpaired) electrons. The fourth-order valence-electron chi connectivity index (χ4n) is 3.34. The molecule has 0 N–H and O–H groups in total. The van der Waals surface area contributed by atoms with Crippen LogP contribution in [0.1, 0.15) is 18.3 Å². The number of fused-ring (bicyclic) bond motifs is 2. The van der Waals surface area contributed by atoms with Crippen LogP contribution in [0.4, 0.5) is 4.39 Å². The molecule has 0 saturated carbocycles. The number of hydrogen-bond acceptors (Lipinski definition) is 3. The smallest absolute Gasteiger partial charge is 0.207 e. The van der Waals surface area contributed by atoms with Crippen LogP contribution in [0.3, 0.4) is 0 Å². The number of hydrogen-bond donors (Lipinski definition) is 0. The van der Waals surface area contributed by atoms with E-state index in [1.165, 1.54) is 6.07 Å². The monoisotopic (exact) mass is 346 g/mol. The average Bonchev–Trinajstić information content (AvgIpc) is 3.02. The van der Waals surface area contributed by atoms with Crippen LogP contribution in [0.15, 0.2) is 53.5 Å². The van der Waals surface area contributed by atoms with E-state index in [2.05, 4.69) is 4.98 Å². The Kier molecular flexibility index (Phi) is 3.77. The number of nitrogens with zero attached hydrogens (tertiary/aromatic N) is 4. The summed E-state index contributed by atoms with van der Waals surface area (Å²) in [6.45, 7) is 2.94. The molecular weight excluding hydrogens is 331 g/mol. The highest BCUT2D eigenvalue weighted by molar-refractivity contribution is 5.80. The van der Waals surface area contributed by atoms with E-state index in [1.807, 2.05) is 40.3 Å². The summed E-state index contributed by atoms with van der Waals surface area (Å²) in [5, 5.41) is 9.77. The number of halogens is 1. The van der Waals surface area contributed by atoms with Gasteiger partial charge in [-0.05, 0) is 31.2 Å². The first-order valence-electron chi connectivity index (χ1n) is 8.30. The second-order valence-corrected chi connectivity index (χ2v) is 6.01. The van der Waals surface area contributed by atoms with Gasteiger partial charge in [0.25, 0.3) is 0 Å². The summed E-state index contributed by atoms with van der Waals surface area (Å²) in [5.74, 6) is 0.309. The number of pyridine rings is 1. The standard InChI is InChI=1S/C20H15FN4O/c1-2-25-17-9-5-7-15(21)19(17)23-18(25)12-24-11-13(10-22)20(26)14-6-3-4-8-16(14)24/h3-9,11H,2,12H2,1H3. The Bertz CT molecular complexity index is 1250. The minimum absolute atomic E-state index is 0.0778. The molecule has 0 atom stereocenters. The van der Waals surface area contributed by atoms with Gasteiger partial charge in [0.1, 0.15) is 23.0 Å². The van der Waals surface area contributed by atoms with Gasteiger partial charge in [0.05, 0.1) is 17.6 Å². The predicted molar refractivity (Wildman–Crippen MR) is 97.4 cm³/mol. The first-order chi connectivity index (χ1) is 12.6. The molecule has 4 aromatic rings. The summed E-state index contributed by atoms with van der Waals surface area (Å²) >= 11 is 0. The lowest BCUT2D eigenvalue weighted by atomic mass is 10.1. The first kappa shape index (κ1) is 16.0. The molecule has 0 amide bonds. The summed E-state index contributed by atoms with van der Waals surface area (Å²) in [6, 6.07) is 14.0. The number of benzene rings is 2. The quantitative estimate of drug-likeness (QED) is 0.571. The Morgan fingerprint density at radius 3 is 2.69 bits per heavy atom. The van der Waals surface area contributed by atoms with Crippen molar-refractivity contribution in [1.82, 2.24) is 14.1 Å². The van der Waals surface area contributed by atoms with Crippen molar-refractivity contribution in [2.75, 3.05) is 0 Å². The number of aromatic nitrogens is 3. The summed E-state index contributed by atoms with van der Waals surface area (Å²) in [4.78, 5) is 16.8. The van der Waals surface area contributed by atoms with Crippen LogP contribution < -0.4 is 5.43 Å². The normalized spacial score (nSPS) is 11.1. The van der Waals surface area contributed by atoms with Gasteiger partial charge >= 0.3 is 0 Å². The maximum atomic E-state index is 14.1. The van der Waals surface area contributed by atoms with Crippen molar-refractivity contribution in [3.8, 4) is 6.07 Å². The van der Waals surface area contributed by atoms with E-state index in [-0.39, 0.29) is 16.8 Å². The van der Waals surface area contributed by atoms with E-state index in [9.17, 15) is 14.4 Å². The molecule has 0 spiro atoms. The lowest BCUT2D eigenvalue weighted by molar-refractivity contribution is 0.636. The van der Waals surface area contributed by atoms with Gasteiger partial charge in [-0.1, -0.05) is 18.2 Å². The van der Waals surface area contributed by atoms with Gasteiger partial charge < -0.3 is 9.13 Å². The average molecular weight is 346 g/mol. The Morgan fingerprint density at radius 2 is 1.92 bits per heavy atom. The number of imidazole rings is 1. The minimum atomic E-state index is -0.363. The maximum absolute atomic E-state index is 14.1. The summed E-state index contributed by atoms with van der Waals surface area (Å²) in [7, 11) is 0. The minimum Gasteiger partial charge on any atom is -0.338 e. The molecule has 0 fully saturated rings. The second-order valence-electron chi connectivity index (χ2n) is 6.01. The van der Waals surface area contributed by atoms with Crippen molar-refractivity contribution in [3.05, 3.63) is 76.1 Å². The van der Waals surface area contributed by atoms with Gasteiger partial charge in [-0.2, -0.15) is 5.26 Å². The Balaban J connectivity index is 1.95. The Morgan fingerprint density at radius 1 is 1.15 bits per heavy atom. The van der Waals surface area contributed by atoms with Crippen LogP contribution >= 0.6 is 0 Å². The third kappa shape index (κ3) is 2.37. The topological polar surface area (TPSA) is 63.6 Å². The molecular formula is C20H15FN4O. The van der Waals surface area contributed by atoms with Crippen LogP contribution in [0.5, 0.6) is 0 Å². The fourth-order valence-corrected chi connectivity index (χ4v) is 3.34. The zero-order valence-corrected chi connectivity index (χ0v) is 14.1. The highest BCUT2D eigenvalue weighted by Gasteiger charge is 2.15. The molecule has 4 rings (SSSR count). The van der Waals surface area contributed by atoms with Gasteiger partial charge in [0.15, 0.2) is 5.82 Å². The molecule has 2 aromatic carbocycles. The first-order valence-corrected chi connectivity index (χ1v) is 8.30. The largest absolute Gasteiger partial charge is 0.338 e. The van der Waals surface area contributed by atoms with Crippen molar-refractivity contribution in [1.29, 1.82) is 5.26 Å². The van der Waals surface area contributed by atoms with E-state index >= 15 is 0 Å². The molecule has 0 aliphatic rings. The van der Waals surface area contributed by atoms with Crippen molar-refractivity contribution >= 4 is 21.9 Å². The van der Waals surface area contributed by atoms with Crippen LogP contribution in [-0.4, -0.2) is 14.1 Å². The number of para-hydroxylation sites is 2. The SMILES string of the molecule is CCn1c(Cn2cc(C#N)c(=O)c3ccccc32)nc2c(F)cccc21.